The van der Waals surface area contributed by atoms with Gasteiger partial charge in [0, 0.05) is 24.2 Å². The van der Waals surface area contributed by atoms with Crippen LogP contribution in [0.15, 0.2) is 66.9 Å². The molecular formula is C25H23N3O4. The molecule has 1 aliphatic carbocycles. The Labute approximate surface area is 185 Å². The zero-order valence-corrected chi connectivity index (χ0v) is 17.3. The minimum absolute atomic E-state index is 0.0185. The van der Waals surface area contributed by atoms with Crippen molar-refractivity contribution in [3.63, 3.8) is 0 Å². The van der Waals surface area contributed by atoms with Gasteiger partial charge in [-0.05, 0) is 34.7 Å². The van der Waals surface area contributed by atoms with Gasteiger partial charge in [0.1, 0.15) is 12.4 Å². The molecule has 0 spiro atoms. The van der Waals surface area contributed by atoms with Crippen molar-refractivity contribution in [3.8, 4) is 11.1 Å². The van der Waals surface area contributed by atoms with Gasteiger partial charge in [0.05, 0.1) is 5.56 Å². The van der Waals surface area contributed by atoms with Crippen molar-refractivity contribution in [2.75, 3.05) is 18.9 Å². The highest BCUT2D eigenvalue weighted by molar-refractivity contribution is 5.88. The van der Waals surface area contributed by atoms with Gasteiger partial charge in [-0.25, -0.2) is 14.6 Å². The Morgan fingerprint density at radius 1 is 1.09 bits per heavy atom. The number of nitrogens with zero attached hydrogens (tertiary/aromatic N) is 1. The van der Waals surface area contributed by atoms with Crippen LogP contribution in [0.5, 0.6) is 0 Å². The van der Waals surface area contributed by atoms with Gasteiger partial charge in [0.25, 0.3) is 0 Å². The average Bonchev–Trinajstić information content (AvgIpc) is 3.12. The highest BCUT2D eigenvalue weighted by atomic mass is 16.5. The Kier molecular flexibility index (Phi) is 6.17. The standard InChI is InChI=1S/C25H23N3O4/c26-23-16(13-17(14-28-23)24(29)30)7-5-6-12-27-25(31)32-15-22-20-10-3-1-8-18(20)19-9-2-4-11-21(19)22/h1-5,7-11,13-14,22H,6,12,15H2,(H2,26,28)(H,27,31)(H,29,30). The number of pyridine rings is 1. The number of benzene rings is 2. The number of carboxylic acids is 1. The number of ether oxygens (including phenoxy) is 1. The summed E-state index contributed by atoms with van der Waals surface area (Å²) in [5.74, 6) is -0.801. The number of carbonyl (C=O) groups is 2. The Morgan fingerprint density at radius 2 is 1.75 bits per heavy atom. The molecule has 2 aromatic carbocycles. The van der Waals surface area contributed by atoms with Crippen molar-refractivity contribution in [2.45, 2.75) is 12.3 Å². The third-order valence-electron chi connectivity index (χ3n) is 5.42. The number of carbonyl (C=O) groups excluding carboxylic acids is 1. The molecule has 0 unspecified atom stereocenters. The SMILES string of the molecule is Nc1ncc(C(=O)O)cc1C=CCCNC(=O)OCC1c2ccccc2-c2ccccc21. The van der Waals surface area contributed by atoms with Crippen LogP contribution in [0.2, 0.25) is 0 Å². The molecule has 0 saturated carbocycles. The molecular weight excluding hydrogens is 406 g/mol. The summed E-state index contributed by atoms with van der Waals surface area (Å²) in [4.78, 5) is 27.1. The third kappa shape index (κ3) is 4.46. The molecule has 7 heteroatoms. The summed E-state index contributed by atoms with van der Waals surface area (Å²) in [6, 6.07) is 17.8. The molecule has 1 heterocycles. The second-order valence-corrected chi connectivity index (χ2v) is 7.45. The highest BCUT2D eigenvalue weighted by Crippen LogP contribution is 2.44. The Balaban J connectivity index is 1.28. The van der Waals surface area contributed by atoms with E-state index in [1.165, 1.54) is 34.5 Å². The summed E-state index contributed by atoms with van der Waals surface area (Å²) < 4.78 is 5.50. The molecule has 32 heavy (non-hydrogen) atoms. The Hall–Kier alpha value is -4.13. The van der Waals surface area contributed by atoms with E-state index in [0.29, 0.717) is 18.5 Å². The number of aromatic nitrogens is 1. The van der Waals surface area contributed by atoms with Gasteiger partial charge in [-0.1, -0.05) is 60.7 Å². The molecule has 0 fully saturated rings. The zero-order chi connectivity index (χ0) is 22.5. The number of hydrogen-bond acceptors (Lipinski definition) is 5. The van der Waals surface area contributed by atoms with Crippen LogP contribution in [-0.4, -0.2) is 35.3 Å². The largest absolute Gasteiger partial charge is 0.478 e. The Morgan fingerprint density at radius 3 is 2.41 bits per heavy atom. The number of nitrogen functional groups attached to an aromatic ring is 1. The monoisotopic (exact) mass is 429 g/mol. The van der Waals surface area contributed by atoms with Crippen LogP contribution >= 0.6 is 0 Å². The molecule has 1 amide bonds. The van der Waals surface area contributed by atoms with E-state index in [0.717, 1.165) is 0 Å². The maximum atomic E-state index is 12.2. The molecule has 0 saturated heterocycles. The van der Waals surface area contributed by atoms with Gasteiger partial charge in [0.2, 0.25) is 0 Å². The van der Waals surface area contributed by atoms with Gasteiger partial charge < -0.3 is 20.9 Å². The van der Waals surface area contributed by atoms with Crippen LogP contribution in [0.25, 0.3) is 17.2 Å². The first-order valence-electron chi connectivity index (χ1n) is 10.3. The fourth-order valence-electron chi connectivity index (χ4n) is 3.86. The van der Waals surface area contributed by atoms with E-state index in [9.17, 15) is 9.59 Å². The van der Waals surface area contributed by atoms with E-state index in [1.807, 2.05) is 24.3 Å². The molecule has 0 atom stereocenters. The summed E-state index contributed by atoms with van der Waals surface area (Å²) >= 11 is 0. The van der Waals surface area contributed by atoms with Gasteiger partial charge in [0.15, 0.2) is 0 Å². The molecule has 1 aliphatic rings. The van der Waals surface area contributed by atoms with Crippen LogP contribution in [0.1, 0.15) is 39.4 Å². The molecule has 7 nitrogen and oxygen atoms in total. The predicted octanol–water partition coefficient (Wildman–Crippen LogP) is 4.30. The number of rotatable bonds is 7. The number of aromatic carboxylic acids is 1. The van der Waals surface area contributed by atoms with Crippen LogP contribution in [-0.2, 0) is 4.74 Å². The fourth-order valence-corrected chi connectivity index (χ4v) is 3.86. The van der Waals surface area contributed by atoms with Crippen molar-refractivity contribution in [2.24, 2.45) is 0 Å². The lowest BCUT2D eigenvalue weighted by atomic mass is 9.98. The number of alkyl carbamates (subject to hydrolysis) is 1. The van der Waals surface area contributed by atoms with Crippen molar-refractivity contribution in [3.05, 3.63) is 89.1 Å². The number of anilines is 1. The first-order chi connectivity index (χ1) is 15.5. The van der Waals surface area contributed by atoms with Crippen molar-refractivity contribution in [1.82, 2.24) is 10.3 Å². The predicted molar refractivity (Wildman–Crippen MR) is 122 cm³/mol. The molecule has 4 N–H and O–H groups in total. The topological polar surface area (TPSA) is 115 Å². The summed E-state index contributed by atoms with van der Waals surface area (Å²) in [6.45, 7) is 0.638. The lowest BCUT2D eigenvalue weighted by Gasteiger charge is -2.14. The number of carboxylic acid groups (broad SMARTS) is 1. The van der Waals surface area contributed by atoms with E-state index < -0.39 is 12.1 Å². The summed E-state index contributed by atoms with van der Waals surface area (Å²) in [6.07, 6.45) is 4.75. The van der Waals surface area contributed by atoms with Gasteiger partial charge in [-0.3, -0.25) is 0 Å². The Bertz CT molecular complexity index is 1140. The van der Waals surface area contributed by atoms with Crippen LogP contribution in [0, 0.1) is 0 Å². The average molecular weight is 429 g/mol. The first kappa shape index (κ1) is 21.1. The summed E-state index contributed by atoms with van der Waals surface area (Å²) in [5.41, 5.74) is 11.1. The minimum atomic E-state index is -1.07. The molecule has 0 aliphatic heterocycles. The molecule has 4 rings (SSSR count). The van der Waals surface area contributed by atoms with Gasteiger partial charge in [-0.15, -0.1) is 0 Å². The number of amides is 1. The second-order valence-electron chi connectivity index (χ2n) is 7.45. The van der Waals surface area contributed by atoms with Crippen molar-refractivity contribution < 1.29 is 19.4 Å². The maximum Gasteiger partial charge on any atom is 0.407 e. The van der Waals surface area contributed by atoms with Gasteiger partial charge in [-0.2, -0.15) is 0 Å². The normalized spacial score (nSPS) is 12.4. The quantitative estimate of drug-likeness (QED) is 0.482. The molecule has 162 valence electrons. The van der Waals surface area contributed by atoms with Crippen LogP contribution in [0.4, 0.5) is 10.6 Å². The number of nitrogens with two attached hydrogens (primary N) is 1. The smallest absolute Gasteiger partial charge is 0.407 e. The molecule has 0 bridgehead atoms. The molecule has 1 aromatic heterocycles. The van der Waals surface area contributed by atoms with E-state index in [-0.39, 0.29) is 23.9 Å². The van der Waals surface area contributed by atoms with E-state index in [1.54, 1.807) is 12.2 Å². The molecule has 0 radical (unpaired) electrons. The lowest BCUT2D eigenvalue weighted by Crippen LogP contribution is -2.26. The number of fused-ring (bicyclic) bond motifs is 3. The van der Waals surface area contributed by atoms with Crippen molar-refractivity contribution in [1.29, 1.82) is 0 Å². The highest BCUT2D eigenvalue weighted by Gasteiger charge is 2.28. The first-order valence-corrected chi connectivity index (χ1v) is 10.3. The summed E-state index contributed by atoms with van der Waals surface area (Å²) in [7, 11) is 0. The second kappa shape index (κ2) is 9.34. The third-order valence-corrected chi connectivity index (χ3v) is 5.42. The van der Waals surface area contributed by atoms with E-state index in [4.69, 9.17) is 15.6 Å². The van der Waals surface area contributed by atoms with Crippen LogP contribution in [0.3, 0.4) is 0 Å². The van der Waals surface area contributed by atoms with Gasteiger partial charge >= 0.3 is 12.1 Å². The maximum absolute atomic E-state index is 12.2. The zero-order valence-electron chi connectivity index (χ0n) is 17.3. The van der Waals surface area contributed by atoms with E-state index in [2.05, 4.69) is 34.6 Å². The lowest BCUT2D eigenvalue weighted by molar-refractivity contribution is 0.0696. The number of nitrogens with one attached hydrogen (secondary N) is 1. The van der Waals surface area contributed by atoms with Crippen LogP contribution < -0.4 is 11.1 Å². The minimum Gasteiger partial charge on any atom is -0.478 e. The summed E-state index contributed by atoms with van der Waals surface area (Å²) in [5, 5.41) is 11.8. The fraction of sp³-hybridized carbons (Fsp3) is 0.160. The van der Waals surface area contributed by atoms with E-state index >= 15 is 0 Å². The number of hydrogen-bond donors (Lipinski definition) is 3. The molecule has 3 aromatic rings. The van der Waals surface area contributed by atoms with Crippen molar-refractivity contribution >= 4 is 24.0 Å².